The molecular formula is C38H27N4Pd-3. The molecule has 8 rings (SSSR count). The van der Waals surface area contributed by atoms with Crippen LogP contribution in [0.1, 0.15) is 22.7 Å². The van der Waals surface area contributed by atoms with Crippen LogP contribution in [0, 0.1) is 18.8 Å². The first-order valence-electron chi connectivity index (χ1n) is 14.2. The zero-order chi connectivity index (χ0) is 28.0. The molecule has 0 N–H and O–H groups in total. The number of para-hydroxylation sites is 3. The number of fused-ring (bicyclic) bond motifs is 4. The maximum Gasteiger partial charge on any atom is 0.0501 e. The van der Waals surface area contributed by atoms with Gasteiger partial charge in [0.05, 0.1) is 5.69 Å². The van der Waals surface area contributed by atoms with Crippen LogP contribution in [0.5, 0.6) is 0 Å². The van der Waals surface area contributed by atoms with Crippen LogP contribution in [0.2, 0.25) is 0 Å². The molecule has 0 bridgehead atoms. The normalized spacial score (nSPS) is 13.2. The number of anilines is 3. The Kier molecular flexibility index (Phi) is 7.07. The van der Waals surface area contributed by atoms with E-state index in [-0.39, 0.29) is 26.3 Å². The molecule has 0 fully saturated rings. The Morgan fingerprint density at radius 3 is 2.23 bits per heavy atom. The number of nitrogens with zero attached hydrogens (tertiary/aromatic N) is 4. The van der Waals surface area contributed by atoms with E-state index in [9.17, 15) is 0 Å². The van der Waals surface area contributed by atoms with Gasteiger partial charge in [-0.2, -0.15) is 30.9 Å². The predicted molar refractivity (Wildman–Crippen MR) is 171 cm³/mol. The topological polar surface area (TPSA) is 24.3 Å². The van der Waals surface area contributed by atoms with Gasteiger partial charge in [-0.1, -0.05) is 77.9 Å². The molecule has 3 heterocycles. The van der Waals surface area contributed by atoms with Gasteiger partial charge in [-0.3, -0.25) is 4.98 Å². The largest absolute Gasteiger partial charge is 0.504 e. The van der Waals surface area contributed by atoms with Crippen LogP contribution in [-0.4, -0.2) is 16.6 Å². The molecule has 5 heteroatoms. The van der Waals surface area contributed by atoms with Crippen LogP contribution >= 0.6 is 0 Å². The van der Waals surface area contributed by atoms with Gasteiger partial charge in [-0.15, -0.1) is 34.8 Å². The van der Waals surface area contributed by atoms with E-state index in [4.69, 9.17) is 4.98 Å². The second kappa shape index (κ2) is 11.2. The van der Waals surface area contributed by atoms with Gasteiger partial charge >= 0.3 is 0 Å². The SMILES string of the molecule is CN1[CH-]N(c2[c-]c(-n3c4[c-]c(C(c5ccccc5)c5ccccn5)ccc4c4ccccc43)ccc2)c2ccccc21.[Pd]. The van der Waals surface area contributed by atoms with Crippen molar-refractivity contribution in [3.05, 3.63) is 169 Å². The molecule has 0 saturated carbocycles. The molecule has 7 aromatic rings. The Bertz CT molecular complexity index is 2010. The summed E-state index contributed by atoms with van der Waals surface area (Å²) in [5, 5.41) is 2.36. The van der Waals surface area contributed by atoms with E-state index in [1.165, 1.54) is 22.0 Å². The molecule has 0 radical (unpaired) electrons. The summed E-state index contributed by atoms with van der Waals surface area (Å²) in [4.78, 5) is 9.12. The molecule has 1 unspecified atom stereocenters. The zero-order valence-electron chi connectivity index (χ0n) is 23.5. The molecule has 5 aromatic carbocycles. The molecule has 1 aliphatic heterocycles. The third kappa shape index (κ3) is 4.62. The minimum absolute atomic E-state index is 0. The van der Waals surface area contributed by atoms with Crippen LogP contribution < -0.4 is 9.80 Å². The van der Waals surface area contributed by atoms with Gasteiger partial charge < -0.3 is 14.4 Å². The van der Waals surface area contributed by atoms with E-state index in [0.29, 0.717) is 0 Å². The molecule has 43 heavy (non-hydrogen) atoms. The summed E-state index contributed by atoms with van der Waals surface area (Å²) in [6.45, 7) is 2.12. The first-order valence-corrected chi connectivity index (χ1v) is 14.2. The van der Waals surface area contributed by atoms with E-state index >= 15 is 0 Å². The summed E-state index contributed by atoms with van der Waals surface area (Å²) < 4.78 is 2.30. The van der Waals surface area contributed by atoms with Crippen molar-refractivity contribution in [1.82, 2.24) is 9.55 Å². The first-order chi connectivity index (χ1) is 20.8. The smallest absolute Gasteiger partial charge is 0.0501 e. The Morgan fingerprint density at radius 1 is 0.651 bits per heavy atom. The molecule has 0 saturated heterocycles. The van der Waals surface area contributed by atoms with Crippen LogP contribution in [0.25, 0.3) is 27.5 Å². The molecule has 1 aliphatic rings. The van der Waals surface area contributed by atoms with Gasteiger partial charge in [0.15, 0.2) is 0 Å². The van der Waals surface area contributed by atoms with Gasteiger partial charge in [-0.25, -0.2) is 0 Å². The summed E-state index contributed by atoms with van der Waals surface area (Å²) in [7, 11) is 2.08. The fraction of sp³-hybridized carbons (Fsp3) is 0.0526. The summed E-state index contributed by atoms with van der Waals surface area (Å²) in [6, 6.07) is 52.1. The van der Waals surface area contributed by atoms with E-state index in [2.05, 4.69) is 162 Å². The van der Waals surface area contributed by atoms with Crippen molar-refractivity contribution < 1.29 is 20.4 Å². The van der Waals surface area contributed by atoms with Crippen molar-refractivity contribution in [2.75, 3.05) is 16.8 Å². The molecule has 2 aromatic heterocycles. The standard InChI is InChI=1S/C38H27N4.Pd/c1-40-26-41(36-20-8-7-19-35(36)40)29-14-11-15-30(25-29)42-34-18-6-5-16-31(34)32-22-21-28(24-37(32)42)38(27-12-3-2-4-13-27)33-17-9-10-23-39-33;/h2-23,26,38H,1H3;/q-3;. The molecule has 0 aliphatic carbocycles. The van der Waals surface area contributed by atoms with Gasteiger partial charge in [-0.05, 0) is 48.3 Å². The summed E-state index contributed by atoms with van der Waals surface area (Å²) in [5.41, 5.74) is 9.71. The number of hydrogen-bond donors (Lipinski definition) is 0. The van der Waals surface area contributed by atoms with Crippen LogP contribution in [-0.2, 0) is 20.4 Å². The maximum atomic E-state index is 4.77. The average molecular weight is 646 g/mol. The number of rotatable bonds is 5. The van der Waals surface area contributed by atoms with E-state index in [0.717, 1.165) is 39.4 Å². The Labute approximate surface area is 265 Å². The summed E-state index contributed by atoms with van der Waals surface area (Å²) >= 11 is 0. The molecule has 0 amide bonds. The molecule has 4 nitrogen and oxygen atoms in total. The van der Waals surface area contributed by atoms with Gasteiger partial charge in [0.2, 0.25) is 0 Å². The Morgan fingerprint density at radius 2 is 1.40 bits per heavy atom. The average Bonchev–Trinajstić information content (AvgIpc) is 3.57. The van der Waals surface area contributed by atoms with Crippen molar-refractivity contribution in [3.63, 3.8) is 0 Å². The zero-order valence-corrected chi connectivity index (χ0v) is 25.0. The van der Waals surface area contributed by atoms with Crippen LogP contribution in [0.3, 0.4) is 0 Å². The minimum atomic E-state index is -0.0372. The van der Waals surface area contributed by atoms with E-state index in [1.807, 2.05) is 12.3 Å². The summed E-state index contributed by atoms with van der Waals surface area (Å²) in [5.74, 6) is -0.0372. The van der Waals surface area contributed by atoms with Crippen molar-refractivity contribution in [2.24, 2.45) is 0 Å². The fourth-order valence-corrected chi connectivity index (χ4v) is 6.20. The number of pyridine rings is 1. The van der Waals surface area contributed by atoms with Crippen molar-refractivity contribution in [2.45, 2.75) is 5.92 Å². The Balaban J connectivity index is 0.00000300. The number of benzene rings is 5. The fourth-order valence-electron chi connectivity index (χ4n) is 6.20. The van der Waals surface area contributed by atoms with Crippen molar-refractivity contribution in [3.8, 4) is 5.69 Å². The first kappa shape index (κ1) is 27.2. The molecule has 0 spiro atoms. The third-order valence-corrected chi connectivity index (χ3v) is 8.11. The Hall–Kier alpha value is -4.69. The van der Waals surface area contributed by atoms with Crippen LogP contribution in [0.15, 0.2) is 134 Å². The van der Waals surface area contributed by atoms with E-state index < -0.39 is 0 Å². The molecular weight excluding hydrogens is 619 g/mol. The maximum absolute atomic E-state index is 4.77. The third-order valence-electron chi connectivity index (χ3n) is 8.11. The van der Waals surface area contributed by atoms with Crippen LogP contribution in [0.4, 0.5) is 17.1 Å². The monoisotopic (exact) mass is 645 g/mol. The summed E-state index contributed by atoms with van der Waals surface area (Å²) in [6.07, 6.45) is 1.87. The van der Waals surface area contributed by atoms with E-state index in [1.54, 1.807) is 0 Å². The quantitative estimate of drug-likeness (QED) is 0.138. The molecule has 1 atom stereocenters. The molecule has 212 valence electrons. The number of hydrogen-bond acceptors (Lipinski definition) is 3. The van der Waals surface area contributed by atoms with Gasteiger partial charge in [0.1, 0.15) is 0 Å². The number of aromatic nitrogens is 2. The van der Waals surface area contributed by atoms with Gasteiger partial charge in [0, 0.05) is 49.4 Å². The minimum Gasteiger partial charge on any atom is -0.504 e. The second-order valence-corrected chi connectivity index (χ2v) is 10.6. The van der Waals surface area contributed by atoms with Gasteiger partial charge in [0.25, 0.3) is 0 Å². The predicted octanol–water partition coefficient (Wildman–Crippen LogP) is 8.66. The van der Waals surface area contributed by atoms with Crippen molar-refractivity contribution in [1.29, 1.82) is 0 Å². The second-order valence-electron chi connectivity index (χ2n) is 10.6. The van der Waals surface area contributed by atoms with Crippen molar-refractivity contribution >= 4 is 38.9 Å².